The number of aliphatic hydroxyl groups excluding tert-OH is 2. The predicted octanol–water partition coefficient (Wildman–Crippen LogP) is 3.39. The second kappa shape index (κ2) is 12.8. The molecule has 0 aliphatic rings. The summed E-state index contributed by atoms with van der Waals surface area (Å²) in [6, 6.07) is 14.7. The van der Waals surface area contributed by atoms with Gasteiger partial charge in [-0.15, -0.1) is 0 Å². The van der Waals surface area contributed by atoms with Gasteiger partial charge in [-0.2, -0.15) is 0 Å². The number of nitrogens with zero attached hydrogens (tertiary/aromatic N) is 4. The molecule has 216 valence electrons. The van der Waals surface area contributed by atoms with Gasteiger partial charge < -0.3 is 30.2 Å². The standard InChI is InChI=1S/C24H22ClFN4O.C4H6O6/c1-15(31)29(4)22-12-18(16-5-8-19(9-6-16)28(2)3)14-30-23(13-27-24(22)30)17-7-10-21(26)20(25)11-17;5-1(3(7)8)2(6)4(9)10/h5-14H,1-4H3;1-2,5-6H,(H,7,8)(H,9,10)/t;1-,2-/m.1/s1. The van der Waals surface area contributed by atoms with Gasteiger partial charge in [0.15, 0.2) is 17.9 Å². The van der Waals surface area contributed by atoms with E-state index in [-0.39, 0.29) is 10.9 Å². The third kappa shape index (κ3) is 6.98. The van der Waals surface area contributed by atoms with E-state index in [1.807, 2.05) is 59.9 Å². The molecule has 0 aliphatic carbocycles. The number of imidazole rings is 1. The molecule has 4 N–H and O–H groups in total. The fourth-order valence-electron chi connectivity index (χ4n) is 3.73. The smallest absolute Gasteiger partial charge is 0.335 e. The van der Waals surface area contributed by atoms with Gasteiger partial charge in [0.1, 0.15) is 5.82 Å². The number of amides is 1. The number of carbonyl (C=O) groups is 3. The zero-order valence-corrected chi connectivity index (χ0v) is 23.2. The molecule has 0 unspecified atom stereocenters. The van der Waals surface area contributed by atoms with Gasteiger partial charge in [0, 0.05) is 51.1 Å². The highest BCUT2D eigenvalue weighted by atomic mass is 35.5. The van der Waals surface area contributed by atoms with Crippen molar-refractivity contribution in [1.29, 1.82) is 0 Å². The second-order valence-corrected chi connectivity index (χ2v) is 9.57. The highest BCUT2D eigenvalue weighted by Gasteiger charge is 2.29. The number of aliphatic hydroxyl groups is 2. The molecule has 0 saturated carbocycles. The van der Waals surface area contributed by atoms with Crippen LogP contribution in [0.3, 0.4) is 0 Å². The van der Waals surface area contributed by atoms with Crippen molar-refractivity contribution >= 4 is 46.5 Å². The molecule has 2 aromatic carbocycles. The van der Waals surface area contributed by atoms with Crippen molar-refractivity contribution in [3.05, 3.63) is 71.8 Å². The number of aliphatic carboxylic acids is 2. The van der Waals surface area contributed by atoms with Crippen LogP contribution in [0.15, 0.2) is 60.9 Å². The lowest BCUT2D eigenvalue weighted by Gasteiger charge is -2.18. The number of carboxylic acids is 2. The summed E-state index contributed by atoms with van der Waals surface area (Å²) in [6.45, 7) is 1.51. The minimum absolute atomic E-state index is 0.0453. The first kappa shape index (κ1) is 31.0. The summed E-state index contributed by atoms with van der Waals surface area (Å²) in [6.07, 6.45) is -0.859. The Bertz CT molecular complexity index is 1570. The molecule has 2 aromatic heterocycles. The number of fused-ring (bicyclic) bond motifs is 1. The van der Waals surface area contributed by atoms with E-state index in [9.17, 15) is 18.8 Å². The molecule has 0 aliphatic heterocycles. The first-order chi connectivity index (χ1) is 19.2. The van der Waals surface area contributed by atoms with Crippen LogP contribution in [0.5, 0.6) is 0 Å². The summed E-state index contributed by atoms with van der Waals surface area (Å²) < 4.78 is 15.6. The maximum absolute atomic E-state index is 13.7. The fourth-order valence-corrected chi connectivity index (χ4v) is 3.92. The highest BCUT2D eigenvalue weighted by molar-refractivity contribution is 6.31. The Balaban J connectivity index is 0.000000397. The number of carboxylic acid groups (broad SMARTS) is 2. The average Bonchev–Trinajstić information content (AvgIpc) is 3.37. The molecule has 2 heterocycles. The Morgan fingerprint density at radius 3 is 1.95 bits per heavy atom. The van der Waals surface area contributed by atoms with E-state index in [0.717, 1.165) is 28.1 Å². The number of pyridine rings is 1. The summed E-state index contributed by atoms with van der Waals surface area (Å²) in [5.74, 6) is -4.11. The summed E-state index contributed by atoms with van der Waals surface area (Å²) in [5, 5.41) is 32.6. The summed E-state index contributed by atoms with van der Waals surface area (Å²) in [5.41, 5.74) is 5.81. The van der Waals surface area contributed by atoms with E-state index in [1.54, 1.807) is 30.3 Å². The van der Waals surface area contributed by atoms with Crippen LogP contribution >= 0.6 is 11.6 Å². The average molecular weight is 587 g/mol. The van der Waals surface area contributed by atoms with Gasteiger partial charge in [0.05, 0.1) is 22.6 Å². The first-order valence-corrected chi connectivity index (χ1v) is 12.4. The van der Waals surface area contributed by atoms with Crippen LogP contribution < -0.4 is 9.80 Å². The highest BCUT2D eigenvalue weighted by Crippen LogP contribution is 2.33. The Morgan fingerprint density at radius 1 is 0.902 bits per heavy atom. The van der Waals surface area contributed by atoms with Gasteiger partial charge in [-0.3, -0.25) is 9.20 Å². The predicted molar refractivity (Wildman–Crippen MR) is 152 cm³/mol. The number of halogens is 2. The minimum Gasteiger partial charge on any atom is -0.479 e. The van der Waals surface area contributed by atoms with Crippen LogP contribution in [-0.4, -0.2) is 81.0 Å². The van der Waals surface area contributed by atoms with Crippen molar-refractivity contribution in [3.8, 4) is 22.4 Å². The largest absolute Gasteiger partial charge is 0.479 e. The molecule has 0 fully saturated rings. The molecular weight excluding hydrogens is 559 g/mol. The van der Waals surface area contributed by atoms with Crippen LogP contribution in [0, 0.1) is 5.82 Å². The van der Waals surface area contributed by atoms with Crippen molar-refractivity contribution in [1.82, 2.24) is 9.38 Å². The topological polar surface area (TPSA) is 156 Å². The second-order valence-electron chi connectivity index (χ2n) is 9.17. The molecule has 41 heavy (non-hydrogen) atoms. The van der Waals surface area contributed by atoms with E-state index in [4.69, 9.17) is 32.0 Å². The van der Waals surface area contributed by atoms with Crippen molar-refractivity contribution in [2.75, 3.05) is 30.9 Å². The number of hydrogen-bond acceptors (Lipinski definition) is 7. The zero-order chi connectivity index (χ0) is 30.6. The van der Waals surface area contributed by atoms with Crippen molar-refractivity contribution < 1.29 is 39.2 Å². The number of aromatic nitrogens is 2. The fraction of sp³-hybridized carbons (Fsp3) is 0.214. The Kier molecular flexibility index (Phi) is 9.66. The zero-order valence-electron chi connectivity index (χ0n) is 22.5. The van der Waals surface area contributed by atoms with Crippen LogP contribution in [0.4, 0.5) is 15.8 Å². The van der Waals surface area contributed by atoms with E-state index in [0.29, 0.717) is 11.3 Å². The van der Waals surface area contributed by atoms with Gasteiger partial charge >= 0.3 is 11.9 Å². The molecule has 0 spiro atoms. The summed E-state index contributed by atoms with van der Waals surface area (Å²) in [7, 11) is 5.71. The quantitative estimate of drug-likeness (QED) is 0.255. The molecule has 0 radical (unpaired) electrons. The molecule has 13 heteroatoms. The normalized spacial score (nSPS) is 12.2. The maximum Gasteiger partial charge on any atom is 0.335 e. The Hall–Kier alpha value is -4.52. The third-order valence-corrected chi connectivity index (χ3v) is 6.45. The van der Waals surface area contributed by atoms with Crippen molar-refractivity contribution in [3.63, 3.8) is 0 Å². The van der Waals surface area contributed by atoms with Crippen LogP contribution in [0.2, 0.25) is 5.02 Å². The number of hydrogen-bond donors (Lipinski definition) is 4. The van der Waals surface area contributed by atoms with Gasteiger partial charge in [0.2, 0.25) is 5.91 Å². The van der Waals surface area contributed by atoms with Crippen LogP contribution in [-0.2, 0) is 14.4 Å². The SMILES string of the molecule is CC(=O)N(C)c1cc(-c2ccc(N(C)C)cc2)cn2c(-c3ccc(F)c(Cl)c3)cnc12.O=C(O)[C@H](O)[C@@H](O)C(=O)O. The van der Waals surface area contributed by atoms with Crippen molar-refractivity contribution in [2.45, 2.75) is 19.1 Å². The Labute approximate surface area is 239 Å². The van der Waals surface area contributed by atoms with Crippen LogP contribution in [0.25, 0.3) is 28.0 Å². The lowest BCUT2D eigenvalue weighted by atomic mass is 10.1. The number of carbonyl (C=O) groups excluding carboxylic acids is 1. The number of anilines is 2. The third-order valence-electron chi connectivity index (χ3n) is 6.16. The lowest BCUT2D eigenvalue weighted by Crippen LogP contribution is -2.39. The van der Waals surface area contributed by atoms with Gasteiger partial charge in [0.25, 0.3) is 0 Å². The lowest BCUT2D eigenvalue weighted by molar-refractivity contribution is -0.165. The van der Waals surface area contributed by atoms with E-state index in [1.165, 1.54) is 13.0 Å². The Morgan fingerprint density at radius 2 is 1.46 bits per heavy atom. The molecule has 11 nitrogen and oxygen atoms in total. The van der Waals surface area contributed by atoms with Crippen molar-refractivity contribution in [2.24, 2.45) is 0 Å². The molecular formula is C28H28ClFN4O7. The first-order valence-electron chi connectivity index (χ1n) is 12.0. The summed E-state index contributed by atoms with van der Waals surface area (Å²) in [4.78, 5) is 39.8. The van der Waals surface area contributed by atoms with Gasteiger partial charge in [-0.25, -0.2) is 19.0 Å². The molecule has 2 atom stereocenters. The number of benzene rings is 2. The molecule has 0 bridgehead atoms. The van der Waals surface area contributed by atoms with E-state index < -0.39 is 30.0 Å². The van der Waals surface area contributed by atoms with Crippen LogP contribution in [0.1, 0.15) is 6.92 Å². The molecule has 4 aromatic rings. The molecule has 4 rings (SSSR count). The van der Waals surface area contributed by atoms with Gasteiger partial charge in [-0.05, 0) is 42.0 Å². The van der Waals surface area contributed by atoms with Gasteiger partial charge in [-0.1, -0.05) is 23.7 Å². The number of rotatable bonds is 7. The monoisotopic (exact) mass is 586 g/mol. The van der Waals surface area contributed by atoms with E-state index >= 15 is 0 Å². The van der Waals surface area contributed by atoms with E-state index in [2.05, 4.69) is 4.98 Å². The minimum atomic E-state index is -2.27. The summed E-state index contributed by atoms with van der Waals surface area (Å²) >= 11 is 6.01. The maximum atomic E-state index is 13.7. The molecule has 1 amide bonds. The molecule has 0 saturated heterocycles.